The molecule has 0 aliphatic carbocycles. The van der Waals surface area contributed by atoms with Crippen molar-refractivity contribution in [1.82, 2.24) is 14.4 Å². The lowest BCUT2D eigenvalue weighted by molar-refractivity contribution is 0.0726. The molecule has 3 heterocycles. The van der Waals surface area contributed by atoms with Crippen LogP contribution in [0.15, 0.2) is 54.7 Å². The van der Waals surface area contributed by atoms with Crippen LogP contribution in [0.1, 0.15) is 45.5 Å². The monoisotopic (exact) mass is 553 g/mol. The molecule has 7 nitrogen and oxygen atoms in total. The number of aryl methyl sites for hydroxylation is 1. The molecule has 2 saturated heterocycles. The summed E-state index contributed by atoms with van der Waals surface area (Å²) in [5, 5.41) is 9.82. The third kappa shape index (κ3) is 4.26. The van der Waals surface area contributed by atoms with E-state index in [9.17, 15) is 19.2 Å². The maximum absolute atomic E-state index is 15.8. The van der Waals surface area contributed by atoms with E-state index >= 15 is 4.39 Å². The zero-order valence-corrected chi connectivity index (χ0v) is 23.0. The first-order valence-corrected chi connectivity index (χ1v) is 13.5. The van der Waals surface area contributed by atoms with Crippen molar-refractivity contribution in [3.05, 3.63) is 83.1 Å². The SMILES string of the molecule is CN(C)C(=O)c1cn(C)c2cc(F)c(-c3ccc(C(=O)N4[C@@H]5CC[C@H]4[C@@H](N)C5)cc3-c3ccc(C#N)c(F)c3)cc12. The summed E-state index contributed by atoms with van der Waals surface area (Å²) in [6.07, 6.45) is 4.20. The molecule has 0 spiro atoms. The molecule has 0 unspecified atom stereocenters. The van der Waals surface area contributed by atoms with Crippen LogP contribution in [0.5, 0.6) is 0 Å². The van der Waals surface area contributed by atoms with E-state index in [1.165, 1.54) is 23.1 Å². The minimum atomic E-state index is -0.714. The largest absolute Gasteiger partial charge is 0.350 e. The molecule has 3 aromatic carbocycles. The zero-order valence-electron chi connectivity index (χ0n) is 23.0. The van der Waals surface area contributed by atoms with Gasteiger partial charge in [-0.1, -0.05) is 12.1 Å². The van der Waals surface area contributed by atoms with Crippen LogP contribution in [0.2, 0.25) is 0 Å². The quantitative estimate of drug-likeness (QED) is 0.382. The Morgan fingerprint density at radius 2 is 1.78 bits per heavy atom. The number of aromatic nitrogens is 1. The normalized spacial score (nSPS) is 19.5. The minimum absolute atomic E-state index is 0.0198. The molecule has 2 aliphatic rings. The van der Waals surface area contributed by atoms with Gasteiger partial charge in [0, 0.05) is 62.0 Å². The molecule has 2 N–H and O–H groups in total. The Kier molecular flexibility index (Phi) is 6.39. The smallest absolute Gasteiger partial charge is 0.255 e. The van der Waals surface area contributed by atoms with Gasteiger partial charge in [0.05, 0.1) is 16.6 Å². The van der Waals surface area contributed by atoms with Gasteiger partial charge in [-0.25, -0.2) is 8.78 Å². The maximum Gasteiger partial charge on any atom is 0.255 e. The fraction of sp³-hybridized carbons (Fsp3) is 0.281. The molecule has 6 rings (SSSR count). The summed E-state index contributed by atoms with van der Waals surface area (Å²) in [6, 6.07) is 14.0. The van der Waals surface area contributed by atoms with Crippen LogP contribution in [-0.4, -0.2) is 58.4 Å². The number of nitrogens with two attached hydrogens (primary N) is 1. The lowest BCUT2D eigenvalue weighted by Gasteiger charge is -2.24. The van der Waals surface area contributed by atoms with Crippen LogP contribution < -0.4 is 5.73 Å². The topological polar surface area (TPSA) is 95.4 Å². The number of benzene rings is 3. The highest BCUT2D eigenvalue weighted by Gasteiger charge is 2.47. The standard InChI is InChI=1S/C32H29F2N5O2/c1-37(2)32(41)25-16-38(3)30-14-27(34)23(13-24(25)30)21-8-6-18(31(40)39-20-7-9-29(39)28(36)12-20)10-22(21)17-4-5-19(15-35)26(33)11-17/h4-6,8,10-11,13-14,16,20,28-29H,7,9,12,36H2,1-3H3/t20-,28+,29+/m1/s1. The van der Waals surface area contributed by atoms with Gasteiger partial charge in [-0.2, -0.15) is 5.26 Å². The zero-order chi connectivity index (χ0) is 29.2. The molecule has 3 atom stereocenters. The Labute approximate surface area is 236 Å². The number of rotatable bonds is 4. The summed E-state index contributed by atoms with van der Waals surface area (Å²) >= 11 is 0. The van der Waals surface area contributed by atoms with Crippen molar-refractivity contribution in [3.63, 3.8) is 0 Å². The maximum atomic E-state index is 15.8. The van der Waals surface area contributed by atoms with Crippen LogP contribution in [0, 0.1) is 23.0 Å². The lowest BCUT2D eigenvalue weighted by Crippen LogP contribution is -2.40. The summed E-state index contributed by atoms with van der Waals surface area (Å²) in [7, 11) is 5.05. The van der Waals surface area contributed by atoms with Crippen LogP contribution in [0.3, 0.4) is 0 Å². The van der Waals surface area contributed by atoms with Crippen LogP contribution >= 0.6 is 0 Å². The molecule has 0 saturated carbocycles. The predicted octanol–water partition coefficient (Wildman–Crippen LogP) is 5.07. The Morgan fingerprint density at radius 3 is 2.41 bits per heavy atom. The third-order valence-electron chi connectivity index (χ3n) is 8.49. The van der Waals surface area contributed by atoms with E-state index in [-0.39, 0.29) is 41.1 Å². The molecular formula is C32H29F2N5O2. The number of fused-ring (bicyclic) bond motifs is 3. The van der Waals surface area contributed by atoms with Gasteiger partial charge < -0.3 is 20.1 Å². The summed E-state index contributed by atoms with van der Waals surface area (Å²) in [4.78, 5) is 30.0. The number of halogens is 2. The van der Waals surface area contributed by atoms with Crippen LogP contribution in [-0.2, 0) is 7.05 Å². The average molecular weight is 554 g/mol. The van der Waals surface area contributed by atoms with Crippen molar-refractivity contribution in [1.29, 1.82) is 5.26 Å². The second kappa shape index (κ2) is 9.82. The van der Waals surface area contributed by atoms with Gasteiger partial charge in [0.15, 0.2) is 0 Å². The second-order valence-electron chi connectivity index (χ2n) is 11.2. The average Bonchev–Trinajstić information content (AvgIpc) is 3.61. The first kappa shape index (κ1) is 26.7. The highest BCUT2D eigenvalue weighted by Crippen LogP contribution is 2.41. The fourth-order valence-electron chi connectivity index (χ4n) is 6.45. The van der Waals surface area contributed by atoms with Gasteiger partial charge in [-0.05, 0) is 72.4 Å². The van der Waals surface area contributed by atoms with E-state index in [2.05, 4.69) is 0 Å². The van der Waals surface area contributed by atoms with Crippen molar-refractivity contribution in [2.45, 2.75) is 37.4 Å². The Balaban J connectivity index is 1.54. The van der Waals surface area contributed by atoms with Crippen molar-refractivity contribution in [3.8, 4) is 28.3 Å². The van der Waals surface area contributed by atoms with Gasteiger partial charge in [-0.3, -0.25) is 9.59 Å². The lowest BCUT2D eigenvalue weighted by atomic mass is 9.90. The fourth-order valence-corrected chi connectivity index (χ4v) is 6.45. The molecular weight excluding hydrogens is 524 g/mol. The molecule has 41 heavy (non-hydrogen) atoms. The third-order valence-corrected chi connectivity index (χ3v) is 8.49. The Bertz CT molecular complexity index is 1790. The van der Waals surface area contributed by atoms with Gasteiger partial charge in [-0.15, -0.1) is 0 Å². The number of carbonyl (C=O) groups is 2. The molecule has 2 aliphatic heterocycles. The predicted molar refractivity (Wildman–Crippen MR) is 152 cm³/mol. The summed E-state index contributed by atoms with van der Waals surface area (Å²) < 4.78 is 32.3. The highest BCUT2D eigenvalue weighted by molar-refractivity contribution is 6.08. The number of carbonyl (C=O) groups excluding carboxylic acids is 2. The first-order valence-electron chi connectivity index (χ1n) is 13.5. The van der Waals surface area contributed by atoms with Gasteiger partial charge >= 0.3 is 0 Å². The molecule has 4 aromatic rings. The van der Waals surface area contributed by atoms with E-state index in [1.807, 2.05) is 11.0 Å². The molecule has 2 bridgehead atoms. The molecule has 1 aromatic heterocycles. The molecule has 2 amide bonds. The van der Waals surface area contributed by atoms with E-state index < -0.39 is 11.6 Å². The number of nitriles is 1. The van der Waals surface area contributed by atoms with Gasteiger partial charge in [0.2, 0.25) is 0 Å². The first-order chi connectivity index (χ1) is 19.6. The number of amides is 2. The van der Waals surface area contributed by atoms with E-state index in [0.717, 1.165) is 19.3 Å². The van der Waals surface area contributed by atoms with Gasteiger partial charge in [0.1, 0.15) is 17.7 Å². The molecule has 0 radical (unpaired) electrons. The molecule has 9 heteroatoms. The van der Waals surface area contributed by atoms with E-state index in [4.69, 9.17) is 5.73 Å². The number of hydrogen-bond acceptors (Lipinski definition) is 4. The summed E-state index contributed by atoms with van der Waals surface area (Å²) in [5.74, 6) is -1.62. The van der Waals surface area contributed by atoms with Crippen LogP contribution in [0.4, 0.5) is 8.78 Å². The Hall–Kier alpha value is -4.55. The van der Waals surface area contributed by atoms with Crippen molar-refractivity contribution in [2.24, 2.45) is 12.8 Å². The van der Waals surface area contributed by atoms with Crippen molar-refractivity contribution >= 4 is 22.7 Å². The highest BCUT2D eigenvalue weighted by atomic mass is 19.1. The minimum Gasteiger partial charge on any atom is -0.350 e. The number of nitrogens with zero attached hydrogens (tertiary/aromatic N) is 4. The van der Waals surface area contributed by atoms with E-state index in [0.29, 0.717) is 38.7 Å². The summed E-state index contributed by atoms with van der Waals surface area (Å²) in [5.41, 5.74) is 8.99. The number of hydrogen-bond donors (Lipinski definition) is 1. The Morgan fingerprint density at radius 1 is 1.00 bits per heavy atom. The summed E-state index contributed by atoms with van der Waals surface area (Å²) in [6.45, 7) is 0. The van der Waals surface area contributed by atoms with Gasteiger partial charge in [0.25, 0.3) is 11.8 Å². The van der Waals surface area contributed by atoms with Crippen molar-refractivity contribution in [2.75, 3.05) is 14.1 Å². The van der Waals surface area contributed by atoms with E-state index in [1.54, 1.807) is 62.2 Å². The van der Waals surface area contributed by atoms with Crippen molar-refractivity contribution < 1.29 is 18.4 Å². The second-order valence-corrected chi connectivity index (χ2v) is 11.2. The molecule has 2 fully saturated rings. The molecule has 208 valence electrons. The van der Waals surface area contributed by atoms with Crippen LogP contribution in [0.25, 0.3) is 33.2 Å².